The molecule has 9 nitrogen and oxygen atoms in total. The summed E-state index contributed by atoms with van der Waals surface area (Å²) in [5.41, 5.74) is 5.83. The summed E-state index contributed by atoms with van der Waals surface area (Å²) in [7, 11) is 3.28. The van der Waals surface area contributed by atoms with E-state index in [4.69, 9.17) is 9.47 Å². The molecule has 0 aliphatic heterocycles. The first-order chi connectivity index (χ1) is 17.5. The van der Waals surface area contributed by atoms with Crippen molar-refractivity contribution in [1.29, 1.82) is 0 Å². The predicted octanol–water partition coefficient (Wildman–Crippen LogP) is 3.96. The molecule has 1 heterocycles. The number of hydrogen-bond acceptors (Lipinski definition) is 6. The highest BCUT2D eigenvalue weighted by atomic mass is 16.5. The number of aromatic nitrogens is 2. The van der Waals surface area contributed by atoms with Crippen molar-refractivity contribution in [3.05, 3.63) is 100 Å². The molecule has 1 amide bonds. The molecule has 0 saturated carbocycles. The fourth-order valence-corrected chi connectivity index (χ4v) is 3.61. The van der Waals surface area contributed by atoms with E-state index in [0.29, 0.717) is 22.9 Å². The minimum absolute atomic E-state index is 0.208. The molecule has 0 radical (unpaired) electrons. The number of rotatable bonds is 9. The summed E-state index contributed by atoms with van der Waals surface area (Å²) in [6.45, 7) is 1.48. The Morgan fingerprint density at radius 1 is 1.00 bits per heavy atom. The standard InChI is InChI=1S/C27H27N5O4/c1-19-26(27(34)32(31(19)2)22-12-8-5-9-13-22)29-25(33)18-36-23-15-14-20(16-24(23)35-3)17-28-30-21-10-6-4-7-11-21/h4-17,30H,18H2,1-3H3,(H,29,33). The van der Waals surface area contributed by atoms with E-state index in [1.807, 2.05) is 60.7 Å². The lowest BCUT2D eigenvalue weighted by Gasteiger charge is -2.11. The molecule has 0 aliphatic carbocycles. The molecular weight excluding hydrogens is 458 g/mol. The molecule has 0 aliphatic rings. The van der Waals surface area contributed by atoms with Gasteiger partial charge in [-0.05, 0) is 55.0 Å². The Hall–Kier alpha value is -4.79. The van der Waals surface area contributed by atoms with E-state index in [2.05, 4.69) is 15.8 Å². The number of para-hydroxylation sites is 2. The van der Waals surface area contributed by atoms with E-state index in [9.17, 15) is 9.59 Å². The van der Waals surface area contributed by atoms with Gasteiger partial charge in [-0.1, -0.05) is 36.4 Å². The average molecular weight is 486 g/mol. The van der Waals surface area contributed by atoms with Crippen LogP contribution < -0.4 is 25.8 Å². The third kappa shape index (κ3) is 5.47. The predicted molar refractivity (Wildman–Crippen MR) is 141 cm³/mol. The van der Waals surface area contributed by atoms with Gasteiger partial charge in [0.05, 0.1) is 30.4 Å². The first-order valence-electron chi connectivity index (χ1n) is 11.3. The normalized spacial score (nSPS) is 10.9. The summed E-state index contributed by atoms with van der Waals surface area (Å²) >= 11 is 0. The van der Waals surface area contributed by atoms with Gasteiger partial charge >= 0.3 is 0 Å². The number of anilines is 2. The van der Waals surface area contributed by atoms with Gasteiger partial charge in [0.15, 0.2) is 18.1 Å². The van der Waals surface area contributed by atoms with Crippen molar-refractivity contribution in [2.75, 3.05) is 24.5 Å². The van der Waals surface area contributed by atoms with Gasteiger partial charge in [-0.15, -0.1) is 0 Å². The highest BCUT2D eigenvalue weighted by molar-refractivity contribution is 5.92. The van der Waals surface area contributed by atoms with E-state index >= 15 is 0 Å². The van der Waals surface area contributed by atoms with Crippen molar-refractivity contribution in [2.24, 2.45) is 12.1 Å². The molecule has 0 unspecified atom stereocenters. The molecule has 0 spiro atoms. The van der Waals surface area contributed by atoms with Gasteiger partial charge in [-0.25, -0.2) is 4.68 Å². The maximum Gasteiger partial charge on any atom is 0.295 e. The molecule has 184 valence electrons. The molecule has 0 saturated heterocycles. The zero-order valence-electron chi connectivity index (χ0n) is 20.3. The lowest BCUT2D eigenvalue weighted by Crippen LogP contribution is -2.25. The van der Waals surface area contributed by atoms with Crippen molar-refractivity contribution < 1.29 is 14.3 Å². The molecular formula is C27H27N5O4. The Kier molecular flexibility index (Phi) is 7.50. The highest BCUT2D eigenvalue weighted by Gasteiger charge is 2.18. The number of carbonyl (C=O) groups excluding carboxylic acids is 1. The van der Waals surface area contributed by atoms with Gasteiger partial charge in [0.1, 0.15) is 5.69 Å². The number of benzene rings is 3. The molecule has 0 bridgehead atoms. The minimum atomic E-state index is -0.458. The van der Waals surface area contributed by atoms with E-state index in [0.717, 1.165) is 11.3 Å². The highest BCUT2D eigenvalue weighted by Crippen LogP contribution is 2.27. The fourth-order valence-electron chi connectivity index (χ4n) is 3.61. The molecule has 2 N–H and O–H groups in total. The second-order valence-corrected chi connectivity index (χ2v) is 7.92. The number of ether oxygens (including phenoxy) is 2. The van der Waals surface area contributed by atoms with Crippen LogP contribution in [0.25, 0.3) is 5.69 Å². The van der Waals surface area contributed by atoms with E-state index in [1.54, 1.807) is 43.1 Å². The van der Waals surface area contributed by atoms with Crippen LogP contribution in [0.1, 0.15) is 11.3 Å². The lowest BCUT2D eigenvalue weighted by molar-refractivity contribution is -0.118. The van der Waals surface area contributed by atoms with Crippen molar-refractivity contribution in [3.8, 4) is 17.2 Å². The van der Waals surface area contributed by atoms with Crippen LogP contribution in [0.3, 0.4) is 0 Å². The number of amides is 1. The number of methoxy groups -OCH3 is 1. The van der Waals surface area contributed by atoms with Gasteiger partial charge in [0.2, 0.25) is 0 Å². The van der Waals surface area contributed by atoms with Gasteiger partial charge in [0, 0.05) is 7.05 Å². The van der Waals surface area contributed by atoms with Crippen LogP contribution in [0, 0.1) is 6.92 Å². The third-order valence-corrected chi connectivity index (χ3v) is 5.55. The summed E-state index contributed by atoms with van der Waals surface area (Å²) in [5, 5.41) is 6.90. The Morgan fingerprint density at radius 2 is 1.69 bits per heavy atom. The summed E-state index contributed by atoms with van der Waals surface area (Å²) in [4.78, 5) is 25.6. The second-order valence-electron chi connectivity index (χ2n) is 7.92. The third-order valence-electron chi connectivity index (χ3n) is 5.55. The smallest absolute Gasteiger partial charge is 0.295 e. The van der Waals surface area contributed by atoms with Gasteiger partial charge in [-0.2, -0.15) is 5.10 Å². The Balaban J connectivity index is 1.41. The number of hydrogen-bond donors (Lipinski definition) is 2. The van der Waals surface area contributed by atoms with Crippen molar-refractivity contribution in [2.45, 2.75) is 6.92 Å². The monoisotopic (exact) mass is 485 g/mol. The van der Waals surface area contributed by atoms with Gasteiger partial charge in [-0.3, -0.25) is 19.7 Å². The summed E-state index contributed by atoms with van der Waals surface area (Å²) in [5.74, 6) is 0.391. The van der Waals surface area contributed by atoms with Crippen LogP contribution >= 0.6 is 0 Å². The van der Waals surface area contributed by atoms with Crippen LogP contribution in [0.15, 0.2) is 88.8 Å². The van der Waals surface area contributed by atoms with Crippen molar-refractivity contribution in [1.82, 2.24) is 9.36 Å². The summed E-state index contributed by atoms with van der Waals surface area (Å²) in [6.07, 6.45) is 1.65. The van der Waals surface area contributed by atoms with Crippen LogP contribution in [-0.2, 0) is 11.8 Å². The van der Waals surface area contributed by atoms with E-state index < -0.39 is 5.91 Å². The summed E-state index contributed by atoms with van der Waals surface area (Å²) < 4.78 is 14.3. The average Bonchev–Trinajstić information content (AvgIpc) is 3.11. The van der Waals surface area contributed by atoms with Gasteiger partial charge < -0.3 is 14.8 Å². The van der Waals surface area contributed by atoms with Crippen LogP contribution in [0.2, 0.25) is 0 Å². The number of nitrogens with one attached hydrogen (secondary N) is 2. The Morgan fingerprint density at radius 3 is 2.39 bits per heavy atom. The summed E-state index contributed by atoms with van der Waals surface area (Å²) in [6, 6.07) is 24.1. The van der Waals surface area contributed by atoms with E-state index in [1.165, 1.54) is 11.8 Å². The van der Waals surface area contributed by atoms with Crippen LogP contribution in [0.5, 0.6) is 11.5 Å². The van der Waals surface area contributed by atoms with Crippen molar-refractivity contribution in [3.63, 3.8) is 0 Å². The zero-order valence-corrected chi connectivity index (χ0v) is 20.3. The second kappa shape index (κ2) is 11.1. The topological polar surface area (TPSA) is 98.9 Å². The maximum absolute atomic E-state index is 13.0. The number of nitrogens with zero attached hydrogens (tertiary/aromatic N) is 3. The minimum Gasteiger partial charge on any atom is -0.493 e. The first kappa shape index (κ1) is 24.3. The Labute approximate surface area is 208 Å². The zero-order chi connectivity index (χ0) is 25.5. The van der Waals surface area contributed by atoms with Crippen LogP contribution in [0.4, 0.5) is 11.4 Å². The van der Waals surface area contributed by atoms with Gasteiger partial charge in [0.25, 0.3) is 11.5 Å². The fraction of sp³-hybridized carbons (Fsp3) is 0.148. The van der Waals surface area contributed by atoms with Crippen LogP contribution in [-0.4, -0.2) is 35.2 Å². The quantitative estimate of drug-likeness (QED) is 0.276. The molecule has 0 fully saturated rings. The Bertz CT molecular complexity index is 1430. The molecule has 4 rings (SSSR count). The lowest BCUT2D eigenvalue weighted by atomic mass is 10.2. The molecule has 4 aromatic rings. The molecule has 9 heteroatoms. The van der Waals surface area contributed by atoms with Crippen molar-refractivity contribution >= 4 is 23.5 Å². The molecule has 0 atom stereocenters. The number of carbonyl (C=O) groups is 1. The largest absolute Gasteiger partial charge is 0.493 e. The van der Waals surface area contributed by atoms with E-state index in [-0.39, 0.29) is 17.9 Å². The molecule has 36 heavy (non-hydrogen) atoms. The molecule has 3 aromatic carbocycles. The maximum atomic E-state index is 13.0. The SMILES string of the molecule is COc1cc(C=NNc2ccccc2)ccc1OCC(=O)Nc1c(C)n(C)n(-c2ccccc2)c1=O. The molecule has 1 aromatic heterocycles. The number of hydrazone groups is 1. The first-order valence-corrected chi connectivity index (χ1v) is 11.3.